The van der Waals surface area contributed by atoms with Crippen LogP contribution in [0.2, 0.25) is 0 Å². The summed E-state index contributed by atoms with van der Waals surface area (Å²) in [5.74, 6) is 3.93. The first-order chi connectivity index (χ1) is 13.7. The van der Waals surface area contributed by atoms with Crippen LogP contribution in [0.15, 0.2) is 42.5 Å². The predicted molar refractivity (Wildman–Crippen MR) is 111 cm³/mol. The highest BCUT2D eigenvalue weighted by Crippen LogP contribution is 2.33. The SMILES string of the molecule is COc1ccc(N2CCN(C(=O)CSCc3ccc4c(c3)OCO4)CC2)cc1. The van der Waals surface area contributed by atoms with Crippen LogP contribution in [0.1, 0.15) is 5.56 Å². The number of carbonyl (C=O) groups is 1. The zero-order valence-electron chi connectivity index (χ0n) is 15.9. The summed E-state index contributed by atoms with van der Waals surface area (Å²) in [6.07, 6.45) is 0. The van der Waals surface area contributed by atoms with E-state index < -0.39 is 0 Å². The third-order valence-electron chi connectivity index (χ3n) is 5.00. The van der Waals surface area contributed by atoms with Crippen LogP contribution < -0.4 is 19.1 Å². The van der Waals surface area contributed by atoms with E-state index in [9.17, 15) is 4.79 Å². The van der Waals surface area contributed by atoms with Crippen molar-refractivity contribution in [3.8, 4) is 17.2 Å². The van der Waals surface area contributed by atoms with Crippen molar-refractivity contribution in [3.63, 3.8) is 0 Å². The van der Waals surface area contributed by atoms with Gasteiger partial charge in [0.05, 0.1) is 12.9 Å². The number of hydrogen-bond acceptors (Lipinski definition) is 6. The van der Waals surface area contributed by atoms with E-state index in [1.807, 2.05) is 35.2 Å². The molecule has 2 aromatic carbocycles. The molecule has 28 heavy (non-hydrogen) atoms. The lowest BCUT2D eigenvalue weighted by Crippen LogP contribution is -2.49. The van der Waals surface area contributed by atoms with Gasteiger partial charge in [0, 0.05) is 37.6 Å². The fourth-order valence-electron chi connectivity index (χ4n) is 3.39. The van der Waals surface area contributed by atoms with E-state index in [4.69, 9.17) is 14.2 Å². The topological polar surface area (TPSA) is 51.2 Å². The molecular formula is C21H24N2O4S. The van der Waals surface area contributed by atoms with Crippen molar-refractivity contribution in [3.05, 3.63) is 48.0 Å². The lowest BCUT2D eigenvalue weighted by Gasteiger charge is -2.36. The van der Waals surface area contributed by atoms with Crippen LogP contribution in [0, 0.1) is 0 Å². The Bertz CT molecular complexity index is 820. The molecule has 2 aliphatic heterocycles. The van der Waals surface area contributed by atoms with Gasteiger partial charge in [-0.25, -0.2) is 0 Å². The van der Waals surface area contributed by atoms with Gasteiger partial charge in [-0.1, -0.05) is 6.07 Å². The largest absolute Gasteiger partial charge is 0.497 e. The number of hydrogen-bond donors (Lipinski definition) is 0. The van der Waals surface area contributed by atoms with E-state index in [0.717, 1.165) is 54.7 Å². The molecule has 4 rings (SSSR count). The van der Waals surface area contributed by atoms with Gasteiger partial charge in [0.2, 0.25) is 12.7 Å². The molecule has 0 spiro atoms. The van der Waals surface area contributed by atoms with Crippen LogP contribution >= 0.6 is 11.8 Å². The van der Waals surface area contributed by atoms with E-state index in [1.165, 1.54) is 5.69 Å². The van der Waals surface area contributed by atoms with Crippen LogP contribution in [0.5, 0.6) is 17.2 Å². The predicted octanol–water partition coefficient (Wildman–Crippen LogP) is 3.01. The van der Waals surface area contributed by atoms with Crippen molar-refractivity contribution in [1.82, 2.24) is 4.90 Å². The first kappa shape index (κ1) is 18.8. The molecule has 1 saturated heterocycles. The van der Waals surface area contributed by atoms with Gasteiger partial charge < -0.3 is 24.0 Å². The average Bonchev–Trinajstić information content (AvgIpc) is 3.22. The van der Waals surface area contributed by atoms with Gasteiger partial charge in [-0.15, -0.1) is 11.8 Å². The van der Waals surface area contributed by atoms with Gasteiger partial charge in [-0.3, -0.25) is 4.79 Å². The minimum absolute atomic E-state index is 0.208. The zero-order chi connectivity index (χ0) is 19.3. The number of anilines is 1. The third kappa shape index (κ3) is 4.30. The second-order valence-corrected chi connectivity index (χ2v) is 7.73. The molecule has 7 heteroatoms. The fraction of sp³-hybridized carbons (Fsp3) is 0.381. The Hall–Kier alpha value is -2.54. The van der Waals surface area contributed by atoms with Gasteiger partial charge in [-0.05, 0) is 42.0 Å². The molecule has 0 bridgehead atoms. The van der Waals surface area contributed by atoms with Crippen LogP contribution in [0.25, 0.3) is 0 Å². The molecule has 6 nitrogen and oxygen atoms in total. The summed E-state index contributed by atoms with van der Waals surface area (Å²) < 4.78 is 15.9. The number of ether oxygens (including phenoxy) is 3. The maximum atomic E-state index is 12.5. The Morgan fingerprint density at radius 1 is 1.04 bits per heavy atom. The van der Waals surface area contributed by atoms with Gasteiger partial charge in [0.25, 0.3) is 0 Å². The molecule has 0 aromatic heterocycles. The molecule has 0 radical (unpaired) electrons. The van der Waals surface area contributed by atoms with Crippen molar-refractivity contribution >= 4 is 23.4 Å². The number of rotatable bonds is 6. The van der Waals surface area contributed by atoms with Crippen molar-refractivity contribution in [2.75, 3.05) is 50.7 Å². The number of methoxy groups -OCH3 is 1. The highest BCUT2D eigenvalue weighted by Gasteiger charge is 2.21. The van der Waals surface area contributed by atoms with Crippen molar-refractivity contribution in [2.24, 2.45) is 0 Å². The number of piperazine rings is 1. The van der Waals surface area contributed by atoms with Crippen molar-refractivity contribution < 1.29 is 19.0 Å². The first-order valence-corrected chi connectivity index (χ1v) is 10.5. The summed E-state index contributed by atoms with van der Waals surface area (Å²) in [6, 6.07) is 14.0. The summed E-state index contributed by atoms with van der Waals surface area (Å²) in [5.41, 5.74) is 2.32. The molecule has 0 unspecified atom stereocenters. The third-order valence-corrected chi connectivity index (χ3v) is 5.99. The normalized spacial score (nSPS) is 15.6. The molecule has 0 aliphatic carbocycles. The van der Waals surface area contributed by atoms with Crippen LogP contribution in [-0.2, 0) is 10.5 Å². The zero-order valence-corrected chi connectivity index (χ0v) is 16.7. The standard InChI is InChI=1S/C21H24N2O4S/c1-25-18-5-3-17(4-6-18)22-8-10-23(11-9-22)21(24)14-28-13-16-2-7-19-20(12-16)27-15-26-19/h2-7,12H,8-11,13-15H2,1H3. The summed E-state index contributed by atoms with van der Waals surface area (Å²) in [7, 11) is 1.67. The molecule has 0 saturated carbocycles. The summed E-state index contributed by atoms with van der Waals surface area (Å²) in [6.45, 7) is 3.51. The van der Waals surface area contributed by atoms with Gasteiger partial charge in [0.15, 0.2) is 11.5 Å². The first-order valence-electron chi connectivity index (χ1n) is 9.36. The smallest absolute Gasteiger partial charge is 0.232 e. The van der Waals surface area contributed by atoms with E-state index in [1.54, 1.807) is 18.9 Å². The fourth-order valence-corrected chi connectivity index (χ4v) is 4.26. The van der Waals surface area contributed by atoms with Crippen molar-refractivity contribution in [2.45, 2.75) is 5.75 Å². The van der Waals surface area contributed by atoms with Gasteiger partial charge >= 0.3 is 0 Å². The molecule has 0 N–H and O–H groups in total. The van der Waals surface area contributed by atoms with Crippen molar-refractivity contribution in [1.29, 1.82) is 0 Å². The monoisotopic (exact) mass is 400 g/mol. The van der Waals surface area contributed by atoms with Crippen LogP contribution in [0.4, 0.5) is 5.69 Å². The number of benzene rings is 2. The maximum absolute atomic E-state index is 12.5. The highest BCUT2D eigenvalue weighted by molar-refractivity contribution is 7.99. The Balaban J connectivity index is 1.21. The Morgan fingerprint density at radius 3 is 2.54 bits per heavy atom. The minimum atomic E-state index is 0.208. The number of nitrogens with zero attached hydrogens (tertiary/aromatic N) is 2. The Morgan fingerprint density at radius 2 is 1.79 bits per heavy atom. The van der Waals surface area contributed by atoms with E-state index >= 15 is 0 Å². The van der Waals surface area contributed by atoms with E-state index in [2.05, 4.69) is 17.0 Å². The molecule has 0 atom stereocenters. The molecule has 2 aliphatic rings. The molecule has 148 valence electrons. The second-order valence-electron chi connectivity index (χ2n) is 6.75. The number of carbonyl (C=O) groups excluding carboxylic acids is 1. The molecular weight excluding hydrogens is 376 g/mol. The number of amides is 1. The summed E-state index contributed by atoms with van der Waals surface area (Å²) >= 11 is 1.64. The lowest BCUT2D eigenvalue weighted by atomic mass is 10.2. The molecule has 1 fully saturated rings. The van der Waals surface area contributed by atoms with Gasteiger partial charge in [-0.2, -0.15) is 0 Å². The number of thioether (sulfide) groups is 1. The van der Waals surface area contributed by atoms with E-state index in [0.29, 0.717) is 5.75 Å². The summed E-state index contributed by atoms with van der Waals surface area (Å²) in [5, 5.41) is 0. The Kier molecular flexibility index (Phi) is 5.81. The average molecular weight is 401 g/mol. The lowest BCUT2D eigenvalue weighted by molar-refractivity contribution is -0.128. The van der Waals surface area contributed by atoms with Gasteiger partial charge in [0.1, 0.15) is 5.75 Å². The Labute approximate surface area is 169 Å². The minimum Gasteiger partial charge on any atom is -0.497 e. The highest BCUT2D eigenvalue weighted by atomic mass is 32.2. The van der Waals surface area contributed by atoms with Crippen LogP contribution in [-0.4, -0.2) is 56.6 Å². The van der Waals surface area contributed by atoms with Crippen LogP contribution in [0.3, 0.4) is 0 Å². The maximum Gasteiger partial charge on any atom is 0.232 e. The van der Waals surface area contributed by atoms with E-state index in [-0.39, 0.29) is 12.7 Å². The quantitative estimate of drug-likeness (QED) is 0.743. The summed E-state index contributed by atoms with van der Waals surface area (Å²) in [4.78, 5) is 16.8. The molecule has 1 amide bonds. The molecule has 2 aromatic rings. The number of fused-ring (bicyclic) bond motifs is 1. The second kappa shape index (κ2) is 8.65. The molecule has 2 heterocycles.